The monoisotopic (exact) mass is 498 g/mol. The van der Waals surface area contributed by atoms with Gasteiger partial charge in [-0.2, -0.15) is 0 Å². The van der Waals surface area contributed by atoms with E-state index in [1.165, 1.54) is 11.6 Å². The van der Waals surface area contributed by atoms with Crippen LogP contribution in [0.2, 0.25) is 0 Å². The van der Waals surface area contributed by atoms with Crippen molar-refractivity contribution in [1.29, 1.82) is 0 Å². The Balaban J connectivity index is 1.40. The van der Waals surface area contributed by atoms with Crippen molar-refractivity contribution >= 4 is 5.91 Å². The molecule has 0 N–H and O–H groups in total. The highest BCUT2D eigenvalue weighted by molar-refractivity contribution is 5.80. The van der Waals surface area contributed by atoms with Crippen LogP contribution in [0.4, 0.5) is 4.39 Å². The van der Waals surface area contributed by atoms with Gasteiger partial charge in [-0.1, -0.05) is 54.6 Å². The molecule has 1 aromatic heterocycles. The number of carbonyl (C=O) groups excluding carboxylic acids is 1. The summed E-state index contributed by atoms with van der Waals surface area (Å²) in [6.45, 7) is 3.46. The molecule has 2 atom stereocenters. The number of likely N-dealkylation sites (N-methyl/N-ethyl adjacent to an activating group) is 1. The van der Waals surface area contributed by atoms with Crippen molar-refractivity contribution < 1.29 is 18.3 Å². The molecule has 3 aromatic carbocycles. The van der Waals surface area contributed by atoms with Crippen LogP contribution in [-0.2, 0) is 24.3 Å². The molecule has 0 fully saturated rings. The lowest BCUT2D eigenvalue weighted by atomic mass is 9.87. The minimum atomic E-state index is -0.661. The van der Waals surface area contributed by atoms with E-state index in [1.807, 2.05) is 48.5 Å². The molecule has 5 rings (SSSR count). The summed E-state index contributed by atoms with van der Waals surface area (Å²) in [4.78, 5) is 16.9. The minimum absolute atomic E-state index is 0.0549. The Bertz CT molecular complexity index is 1340. The predicted molar refractivity (Wildman–Crippen MR) is 141 cm³/mol. The number of hydrogen-bond acceptors (Lipinski definition) is 4. The largest absolute Gasteiger partial charge is 0.481 e. The van der Waals surface area contributed by atoms with Gasteiger partial charge in [0.2, 0.25) is 0 Å². The summed E-state index contributed by atoms with van der Waals surface area (Å²) in [5, 5.41) is 0. The van der Waals surface area contributed by atoms with Crippen LogP contribution < -0.4 is 4.74 Å². The van der Waals surface area contributed by atoms with Crippen LogP contribution in [-0.4, -0.2) is 35.4 Å². The number of hydrogen-bond donors (Lipinski definition) is 0. The number of ether oxygens (including phenoxy) is 1. The Morgan fingerprint density at radius 3 is 2.62 bits per heavy atom. The molecule has 5 nitrogen and oxygen atoms in total. The first-order valence-corrected chi connectivity index (χ1v) is 12.6. The molecule has 0 bridgehead atoms. The van der Waals surface area contributed by atoms with Crippen LogP contribution in [0.3, 0.4) is 0 Å². The Hall–Kier alpha value is -3.90. The van der Waals surface area contributed by atoms with Crippen molar-refractivity contribution in [3.8, 4) is 5.75 Å². The van der Waals surface area contributed by atoms with Gasteiger partial charge in [0.1, 0.15) is 17.3 Å². The van der Waals surface area contributed by atoms with Crippen LogP contribution in [0, 0.1) is 5.82 Å². The fourth-order valence-corrected chi connectivity index (χ4v) is 5.04. The predicted octanol–water partition coefficient (Wildman–Crippen LogP) is 5.99. The molecule has 0 aliphatic carbocycles. The molecular weight excluding hydrogens is 467 g/mol. The van der Waals surface area contributed by atoms with Gasteiger partial charge < -0.3 is 14.1 Å². The number of nitrogens with zero attached hydrogens (tertiary/aromatic N) is 2. The number of rotatable bonds is 8. The zero-order chi connectivity index (χ0) is 25.8. The quantitative estimate of drug-likeness (QED) is 0.299. The molecule has 4 aromatic rings. The Labute approximate surface area is 217 Å². The van der Waals surface area contributed by atoms with Gasteiger partial charge in [0.25, 0.3) is 5.91 Å². The van der Waals surface area contributed by atoms with E-state index in [9.17, 15) is 9.18 Å². The van der Waals surface area contributed by atoms with Crippen LogP contribution >= 0.6 is 0 Å². The zero-order valence-electron chi connectivity index (χ0n) is 21.1. The first-order valence-electron chi connectivity index (χ1n) is 12.6. The smallest absolute Gasteiger partial charge is 0.263 e. The molecule has 1 amide bonds. The lowest BCUT2D eigenvalue weighted by Gasteiger charge is -2.38. The highest BCUT2D eigenvalue weighted by Gasteiger charge is 2.30. The molecule has 190 valence electrons. The molecule has 37 heavy (non-hydrogen) atoms. The summed E-state index contributed by atoms with van der Waals surface area (Å²) in [6, 6.07) is 26.9. The minimum Gasteiger partial charge on any atom is -0.481 e. The lowest BCUT2D eigenvalue weighted by molar-refractivity contribution is -0.137. The number of amides is 1. The Kier molecular flexibility index (Phi) is 7.37. The third-order valence-corrected chi connectivity index (χ3v) is 6.90. The fourth-order valence-electron chi connectivity index (χ4n) is 5.04. The van der Waals surface area contributed by atoms with Crippen molar-refractivity contribution in [2.75, 3.05) is 13.6 Å². The number of fused-ring (bicyclic) bond motifs is 1. The maximum absolute atomic E-state index is 14.5. The maximum Gasteiger partial charge on any atom is 0.263 e. The molecule has 1 aliphatic rings. The van der Waals surface area contributed by atoms with Crippen molar-refractivity contribution in [1.82, 2.24) is 9.80 Å². The fraction of sp³-hybridized carbons (Fsp3) is 0.258. The van der Waals surface area contributed by atoms with Gasteiger partial charge in [-0.25, -0.2) is 4.39 Å². The van der Waals surface area contributed by atoms with Crippen molar-refractivity contribution in [3.63, 3.8) is 0 Å². The number of carbonyl (C=O) groups is 1. The third-order valence-electron chi connectivity index (χ3n) is 6.90. The van der Waals surface area contributed by atoms with Crippen LogP contribution in [0.15, 0.2) is 95.6 Å². The van der Waals surface area contributed by atoms with Crippen LogP contribution in [0.5, 0.6) is 5.75 Å². The topological polar surface area (TPSA) is 45.9 Å². The second-order valence-corrected chi connectivity index (χ2v) is 9.52. The first-order chi connectivity index (χ1) is 18.0. The molecule has 0 radical (unpaired) electrons. The van der Waals surface area contributed by atoms with E-state index < -0.39 is 6.10 Å². The van der Waals surface area contributed by atoms with Crippen LogP contribution in [0.1, 0.15) is 41.0 Å². The van der Waals surface area contributed by atoms with Crippen molar-refractivity contribution in [2.45, 2.75) is 38.6 Å². The standard InChI is InChI=1S/C31H31FN2O3/c1-22(31(35)33(2)21-27-12-8-18-36-27)37-26-15-14-23-16-17-34(20-25-11-6-7-13-29(25)32)30(28(23)19-26)24-9-4-3-5-10-24/h3-15,18-19,22,30H,16-17,20-21H2,1-2H3/t22-,30-/m1/s1. The number of furan rings is 1. The average molecular weight is 499 g/mol. The summed E-state index contributed by atoms with van der Waals surface area (Å²) in [5.41, 5.74) is 4.17. The number of benzene rings is 3. The molecule has 6 heteroatoms. The summed E-state index contributed by atoms with van der Waals surface area (Å²) in [6.07, 6.45) is 1.79. The molecular formula is C31H31FN2O3. The summed E-state index contributed by atoms with van der Waals surface area (Å²) >= 11 is 0. The van der Waals surface area contributed by atoms with Gasteiger partial charge in [0.05, 0.1) is 18.8 Å². The normalized spacial score (nSPS) is 16.1. The van der Waals surface area contributed by atoms with E-state index in [4.69, 9.17) is 9.15 Å². The molecule has 1 aliphatic heterocycles. The van der Waals surface area contributed by atoms with Gasteiger partial charge in [0.15, 0.2) is 6.10 Å². The van der Waals surface area contributed by atoms with Gasteiger partial charge in [-0.3, -0.25) is 9.69 Å². The third kappa shape index (κ3) is 5.59. The highest BCUT2D eigenvalue weighted by atomic mass is 19.1. The SMILES string of the molecule is C[C@@H](Oc1ccc2c(c1)[C@@H](c1ccccc1)N(Cc1ccccc1F)CC2)C(=O)N(C)Cc1ccco1. The maximum atomic E-state index is 14.5. The van der Waals surface area contributed by atoms with Crippen molar-refractivity contribution in [2.24, 2.45) is 0 Å². The van der Waals surface area contributed by atoms with Gasteiger partial charge in [-0.15, -0.1) is 0 Å². The van der Waals surface area contributed by atoms with Crippen LogP contribution in [0.25, 0.3) is 0 Å². The van der Waals surface area contributed by atoms with E-state index in [0.717, 1.165) is 29.9 Å². The second kappa shape index (κ2) is 11.0. The Morgan fingerprint density at radius 2 is 1.86 bits per heavy atom. The summed E-state index contributed by atoms with van der Waals surface area (Å²) in [7, 11) is 1.74. The lowest BCUT2D eigenvalue weighted by Crippen LogP contribution is -2.38. The highest BCUT2D eigenvalue weighted by Crippen LogP contribution is 2.38. The van der Waals surface area contributed by atoms with Gasteiger partial charge >= 0.3 is 0 Å². The molecule has 0 saturated heterocycles. The first kappa shape index (κ1) is 24.8. The second-order valence-electron chi connectivity index (χ2n) is 9.52. The summed E-state index contributed by atoms with van der Waals surface area (Å²) < 4.78 is 26.1. The average Bonchev–Trinajstić information content (AvgIpc) is 3.43. The molecule has 2 heterocycles. The zero-order valence-corrected chi connectivity index (χ0v) is 21.1. The number of halogens is 1. The van der Waals surface area contributed by atoms with E-state index >= 15 is 0 Å². The Morgan fingerprint density at radius 1 is 1.08 bits per heavy atom. The molecule has 0 unspecified atom stereocenters. The summed E-state index contributed by atoms with van der Waals surface area (Å²) in [5.74, 6) is 1.04. The molecule has 0 saturated carbocycles. The van der Waals surface area contributed by atoms with Gasteiger partial charge in [0, 0.05) is 25.7 Å². The molecule has 0 spiro atoms. The van der Waals surface area contributed by atoms with E-state index in [2.05, 4.69) is 23.1 Å². The van der Waals surface area contributed by atoms with Crippen molar-refractivity contribution in [3.05, 3.63) is 125 Å². The van der Waals surface area contributed by atoms with E-state index in [-0.39, 0.29) is 17.8 Å². The van der Waals surface area contributed by atoms with E-state index in [0.29, 0.717) is 24.4 Å². The van der Waals surface area contributed by atoms with E-state index in [1.54, 1.807) is 37.3 Å². The van der Waals surface area contributed by atoms with Gasteiger partial charge in [-0.05, 0) is 60.4 Å².